The van der Waals surface area contributed by atoms with E-state index >= 15 is 0 Å². The topological polar surface area (TPSA) is 20.3 Å². The highest BCUT2D eigenvalue weighted by atomic mass is 35.5. The van der Waals surface area contributed by atoms with Gasteiger partial charge < -0.3 is 0 Å². The van der Waals surface area contributed by atoms with Crippen molar-refractivity contribution in [1.82, 2.24) is 4.90 Å². The minimum Gasteiger partial charge on any atom is -0.296 e. The van der Waals surface area contributed by atoms with Crippen LogP contribution in [0.1, 0.15) is 49.4 Å². The molecule has 20 heavy (non-hydrogen) atoms. The lowest BCUT2D eigenvalue weighted by Gasteiger charge is -2.19. The van der Waals surface area contributed by atoms with Crippen LogP contribution < -0.4 is 0 Å². The van der Waals surface area contributed by atoms with Crippen LogP contribution >= 0.6 is 11.6 Å². The van der Waals surface area contributed by atoms with Crippen LogP contribution in [0.2, 0.25) is 5.02 Å². The van der Waals surface area contributed by atoms with Gasteiger partial charge in [0.15, 0.2) is 5.78 Å². The second kappa shape index (κ2) is 7.80. The van der Waals surface area contributed by atoms with E-state index in [-0.39, 0.29) is 5.78 Å². The molecule has 1 aliphatic heterocycles. The molecule has 1 aliphatic rings. The minimum absolute atomic E-state index is 0.182. The molecule has 0 radical (unpaired) electrons. The highest BCUT2D eigenvalue weighted by Crippen LogP contribution is 2.22. The van der Waals surface area contributed by atoms with Gasteiger partial charge in [-0.25, -0.2) is 0 Å². The number of carbonyl (C=O) groups is 1. The number of Topliss-reactive ketones (excluding diaryl/α,β-unsaturated/α-hetero) is 1. The smallest absolute Gasteiger partial charge is 0.176 e. The van der Waals surface area contributed by atoms with Crippen LogP contribution in [0.25, 0.3) is 0 Å². The molecule has 0 aliphatic carbocycles. The minimum atomic E-state index is 0.182. The summed E-state index contributed by atoms with van der Waals surface area (Å²) in [7, 11) is 0. The average Bonchev–Trinajstić information content (AvgIpc) is 2.65. The van der Waals surface area contributed by atoms with Crippen LogP contribution in [0, 0.1) is 5.92 Å². The van der Waals surface area contributed by atoms with Crippen LogP contribution in [0.5, 0.6) is 0 Å². The summed E-state index contributed by atoms with van der Waals surface area (Å²) < 4.78 is 0. The fourth-order valence-corrected chi connectivity index (χ4v) is 3.23. The van der Waals surface area contributed by atoms with Gasteiger partial charge in [-0.05, 0) is 50.4 Å². The van der Waals surface area contributed by atoms with Gasteiger partial charge in [0.2, 0.25) is 0 Å². The number of halogens is 1. The molecule has 1 aromatic rings. The first-order valence-electron chi connectivity index (χ1n) is 7.70. The van der Waals surface area contributed by atoms with Gasteiger partial charge in [-0.2, -0.15) is 0 Å². The van der Waals surface area contributed by atoms with E-state index in [2.05, 4.69) is 11.8 Å². The molecule has 1 heterocycles. The van der Waals surface area contributed by atoms with Gasteiger partial charge in [-0.1, -0.05) is 43.5 Å². The molecule has 1 saturated heterocycles. The molecular weight excluding hydrogens is 270 g/mol. The van der Waals surface area contributed by atoms with Gasteiger partial charge in [0.1, 0.15) is 0 Å². The van der Waals surface area contributed by atoms with Crippen LogP contribution in [0.4, 0.5) is 0 Å². The Labute approximate surface area is 127 Å². The number of rotatable bonds is 5. The normalized spacial score (nSPS) is 20.6. The van der Waals surface area contributed by atoms with E-state index in [0.717, 1.165) is 24.6 Å². The third-order valence-electron chi connectivity index (χ3n) is 4.15. The quantitative estimate of drug-likeness (QED) is 0.749. The molecule has 0 aromatic heterocycles. The molecule has 1 aromatic carbocycles. The highest BCUT2D eigenvalue weighted by Gasteiger charge is 2.18. The van der Waals surface area contributed by atoms with Crippen LogP contribution in [0.3, 0.4) is 0 Å². The molecule has 0 N–H and O–H groups in total. The maximum atomic E-state index is 12.3. The van der Waals surface area contributed by atoms with Crippen molar-refractivity contribution in [3.8, 4) is 0 Å². The summed E-state index contributed by atoms with van der Waals surface area (Å²) >= 11 is 5.95. The second-order valence-electron chi connectivity index (χ2n) is 5.80. The largest absolute Gasteiger partial charge is 0.296 e. The number of hydrogen-bond acceptors (Lipinski definition) is 2. The molecule has 0 bridgehead atoms. The maximum absolute atomic E-state index is 12.3. The van der Waals surface area contributed by atoms with E-state index in [9.17, 15) is 4.79 Å². The van der Waals surface area contributed by atoms with Crippen molar-refractivity contribution in [1.29, 1.82) is 0 Å². The zero-order chi connectivity index (χ0) is 14.4. The van der Waals surface area contributed by atoms with Crippen LogP contribution in [-0.4, -0.2) is 30.3 Å². The molecule has 2 rings (SSSR count). The van der Waals surface area contributed by atoms with Crippen molar-refractivity contribution in [2.24, 2.45) is 5.92 Å². The number of hydrogen-bond donors (Lipinski definition) is 0. The Morgan fingerprint density at radius 2 is 2.20 bits per heavy atom. The van der Waals surface area contributed by atoms with Crippen molar-refractivity contribution < 1.29 is 4.79 Å². The Morgan fingerprint density at radius 1 is 1.35 bits per heavy atom. The second-order valence-corrected chi connectivity index (χ2v) is 6.23. The summed E-state index contributed by atoms with van der Waals surface area (Å²) in [5.74, 6) is 1.03. The SMILES string of the molecule is CCCC1CCCN(CC(=O)c2cccc(Cl)c2)CC1. The van der Waals surface area contributed by atoms with Crippen LogP contribution in [-0.2, 0) is 0 Å². The first-order chi connectivity index (χ1) is 9.69. The predicted molar refractivity (Wildman–Crippen MR) is 84.5 cm³/mol. The average molecular weight is 294 g/mol. The van der Waals surface area contributed by atoms with Crippen molar-refractivity contribution in [2.75, 3.05) is 19.6 Å². The molecular formula is C17H24ClNO. The number of nitrogens with zero attached hydrogens (tertiary/aromatic N) is 1. The van der Waals surface area contributed by atoms with E-state index in [1.807, 2.05) is 12.1 Å². The summed E-state index contributed by atoms with van der Waals surface area (Å²) in [5.41, 5.74) is 0.729. The van der Waals surface area contributed by atoms with Crippen LogP contribution in [0.15, 0.2) is 24.3 Å². The summed E-state index contributed by atoms with van der Waals surface area (Å²) in [4.78, 5) is 14.6. The number of benzene rings is 1. The zero-order valence-electron chi connectivity index (χ0n) is 12.3. The standard InChI is InChI=1S/C17H24ClNO/c1-2-5-14-6-4-10-19(11-9-14)13-17(20)15-7-3-8-16(18)12-15/h3,7-8,12,14H,2,4-6,9-11,13H2,1H3. The van der Waals surface area contributed by atoms with E-state index in [4.69, 9.17) is 11.6 Å². The predicted octanol–water partition coefficient (Wildman–Crippen LogP) is 4.42. The van der Waals surface area contributed by atoms with Gasteiger partial charge >= 0.3 is 0 Å². The monoisotopic (exact) mass is 293 g/mol. The zero-order valence-corrected chi connectivity index (χ0v) is 13.0. The Bertz CT molecular complexity index is 446. The number of carbonyl (C=O) groups excluding carboxylic acids is 1. The fraction of sp³-hybridized carbons (Fsp3) is 0.588. The van der Waals surface area contributed by atoms with Crippen molar-refractivity contribution in [3.63, 3.8) is 0 Å². The molecule has 1 fully saturated rings. The fourth-order valence-electron chi connectivity index (χ4n) is 3.04. The lowest BCUT2D eigenvalue weighted by Crippen LogP contribution is -2.31. The molecule has 1 unspecified atom stereocenters. The van der Waals surface area contributed by atoms with E-state index in [0.29, 0.717) is 11.6 Å². The lowest BCUT2D eigenvalue weighted by atomic mass is 9.96. The van der Waals surface area contributed by atoms with Crippen molar-refractivity contribution >= 4 is 17.4 Å². The van der Waals surface area contributed by atoms with Gasteiger partial charge in [-0.3, -0.25) is 9.69 Å². The molecule has 2 nitrogen and oxygen atoms in total. The summed E-state index contributed by atoms with van der Waals surface area (Å²) in [6.45, 7) is 4.88. The first-order valence-corrected chi connectivity index (χ1v) is 8.08. The summed E-state index contributed by atoms with van der Waals surface area (Å²) in [5, 5.41) is 0.634. The third kappa shape index (κ3) is 4.60. The van der Waals surface area contributed by atoms with Crippen molar-refractivity contribution in [3.05, 3.63) is 34.9 Å². The maximum Gasteiger partial charge on any atom is 0.176 e. The summed E-state index contributed by atoms with van der Waals surface area (Å²) in [6, 6.07) is 7.27. The Balaban J connectivity index is 1.88. The van der Waals surface area contributed by atoms with E-state index < -0.39 is 0 Å². The highest BCUT2D eigenvalue weighted by molar-refractivity contribution is 6.31. The Hall–Kier alpha value is -0.860. The summed E-state index contributed by atoms with van der Waals surface area (Å²) in [6.07, 6.45) is 6.36. The Kier molecular flexibility index (Phi) is 6.06. The lowest BCUT2D eigenvalue weighted by molar-refractivity contribution is 0.0932. The van der Waals surface area contributed by atoms with E-state index in [1.165, 1.54) is 32.1 Å². The molecule has 3 heteroatoms. The molecule has 110 valence electrons. The Morgan fingerprint density at radius 3 is 2.95 bits per heavy atom. The van der Waals surface area contributed by atoms with Gasteiger partial charge in [0.25, 0.3) is 0 Å². The first kappa shape index (κ1) is 15.5. The van der Waals surface area contributed by atoms with Gasteiger partial charge in [0.05, 0.1) is 6.54 Å². The van der Waals surface area contributed by atoms with Gasteiger partial charge in [-0.15, -0.1) is 0 Å². The third-order valence-corrected chi connectivity index (χ3v) is 4.39. The molecule has 0 saturated carbocycles. The molecule has 1 atom stereocenters. The number of likely N-dealkylation sites (tertiary alicyclic amines) is 1. The molecule has 0 spiro atoms. The van der Waals surface area contributed by atoms with Gasteiger partial charge in [0, 0.05) is 10.6 Å². The number of ketones is 1. The van der Waals surface area contributed by atoms with Crippen molar-refractivity contribution in [2.45, 2.75) is 39.0 Å². The van der Waals surface area contributed by atoms with E-state index in [1.54, 1.807) is 12.1 Å². The molecule has 0 amide bonds.